The van der Waals surface area contributed by atoms with Crippen molar-refractivity contribution in [1.82, 2.24) is 29.7 Å². The lowest BCUT2D eigenvalue weighted by molar-refractivity contribution is 0.0931. The number of imidazole rings is 1. The van der Waals surface area contributed by atoms with Gasteiger partial charge in [-0.25, -0.2) is 15.0 Å². The van der Waals surface area contributed by atoms with Crippen LogP contribution in [0.4, 0.5) is 5.82 Å². The highest BCUT2D eigenvalue weighted by Crippen LogP contribution is 2.53. The largest absolute Gasteiger partial charge is 0.356 e. The monoisotopic (exact) mass is 565 g/mol. The van der Waals surface area contributed by atoms with Crippen molar-refractivity contribution in [2.24, 2.45) is 0 Å². The highest BCUT2D eigenvalue weighted by atomic mass is 16.1. The zero-order valence-corrected chi connectivity index (χ0v) is 23.7. The maximum absolute atomic E-state index is 13.1. The van der Waals surface area contributed by atoms with E-state index in [0.717, 1.165) is 72.3 Å². The summed E-state index contributed by atoms with van der Waals surface area (Å²) in [6.07, 6.45) is 13.6. The number of nitrogens with one attached hydrogen (secondary N) is 1. The molecule has 1 N–H and O–H groups in total. The third kappa shape index (κ3) is 4.69. The molecule has 5 heterocycles. The fourth-order valence-electron chi connectivity index (χ4n) is 6.44. The average molecular weight is 566 g/mol. The highest BCUT2D eigenvalue weighted by Gasteiger charge is 2.48. The van der Waals surface area contributed by atoms with Crippen molar-refractivity contribution >= 4 is 28.4 Å². The number of amides is 1. The zero-order valence-electron chi connectivity index (χ0n) is 23.7. The van der Waals surface area contributed by atoms with Crippen molar-refractivity contribution in [2.75, 3.05) is 18.0 Å². The first-order valence-electron chi connectivity index (χ1n) is 14.9. The molecule has 0 unspecified atom stereocenters. The van der Waals surface area contributed by atoms with E-state index in [-0.39, 0.29) is 17.4 Å². The number of anilines is 1. The summed E-state index contributed by atoms with van der Waals surface area (Å²) in [6, 6.07) is 24.6. The van der Waals surface area contributed by atoms with Gasteiger partial charge in [-0.15, -0.1) is 0 Å². The molecule has 1 amide bonds. The van der Waals surface area contributed by atoms with Crippen LogP contribution in [0.1, 0.15) is 47.3 Å². The van der Waals surface area contributed by atoms with E-state index < -0.39 is 0 Å². The topological polar surface area (TPSA) is 88.3 Å². The normalized spacial score (nSPS) is 16.4. The average Bonchev–Trinajstić information content (AvgIpc) is 3.77. The Labute approximate surface area is 249 Å². The minimum atomic E-state index is -0.0700. The van der Waals surface area contributed by atoms with Crippen LogP contribution >= 0.6 is 0 Å². The lowest BCUT2D eigenvalue weighted by Gasteiger charge is -2.33. The molecule has 6 aromatic rings. The molecule has 4 aromatic heterocycles. The van der Waals surface area contributed by atoms with Crippen molar-refractivity contribution in [3.8, 4) is 11.1 Å². The fourth-order valence-corrected chi connectivity index (χ4v) is 6.44. The summed E-state index contributed by atoms with van der Waals surface area (Å²) in [6.45, 7) is 1.76. The molecule has 8 nitrogen and oxygen atoms in total. The van der Waals surface area contributed by atoms with Crippen molar-refractivity contribution < 1.29 is 4.79 Å². The minimum absolute atomic E-state index is 0.0328. The van der Waals surface area contributed by atoms with Crippen LogP contribution in [0.5, 0.6) is 0 Å². The zero-order chi connectivity index (χ0) is 28.8. The van der Waals surface area contributed by atoms with Crippen molar-refractivity contribution in [3.05, 3.63) is 121 Å². The Hall–Kier alpha value is -5.11. The van der Waals surface area contributed by atoms with E-state index in [1.165, 1.54) is 5.56 Å². The summed E-state index contributed by atoms with van der Waals surface area (Å²) in [4.78, 5) is 33.6. The van der Waals surface area contributed by atoms with Crippen LogP contribution < -0.4 is 10.2 Å². The Balaban J connectivity index is 0.988. The number of carbonyl (C=O) groups excluding carboxylic acids is 1. The smallest absolute Gasteiger partial charge is 0.251 e. The van der Waals surface area contributed by atoms with Gasteiger partial charge in [0.25, 0.3) is 5.91 Å². The standard InChI is InChI=1S/C35H31N7O/c43-33(40-29-12-18-41(19-13-29)32-5-1-2-16-37-32)25-8-6-24(7-9-25)27-21-38-34-39-22-31(42(34)23-27)35(14-15-35)28-10-11-30-26(20-28)4-3-17-36-30/h1-11,16-17,20-23,29H,12-15,18-19H2,(H,40,43). The third-order valence-electron chi connectivity index (χ3n) is 9.04. The van der Waals surface area contributed by atoms with Crippen LogP contribution in [-0.2, 0) is 5.41 Å². The van der Waals surface area contributed by atoms with E-state index in [9.17, 15) is 4.79 Å². The van der Waals surface area contributed by atoms with Crippen LogP contribution in [0.15, 0.2) is 104 Å². The number of piperidine rings is 1. The molecule has 1 saturated heterocycles. The van der Waals surface area contributed by atoms with E-state index in [4.69, 9.17) is 0 Å². The van der Waals surface area contributed by atoms with E-state index in [1.54, 1.807) is 0 Å². The Morgan fingerprint density at radius 2 is 1.63 bits per heavy atom. The Kier molecular flexibility index (Phi) is 6.14. The molecule has 2 aromatic carbocycles. The van der Waals surface area contributed by atoms with Gasteiger partial charge in [0, 0.05) is 65.8 Å². The first-order chi connectivity index (χ1) is 21.2. The molecule has 1 aliphatic heterocycles. The van der Waals surface area contributed by atoms with Crippen LogP contribution in [-0.4, -0.2) is 49.4 Å². The summed E-state index contributed by atoms with van der Waals surface area (Å²) in [5, 5.41) is 4.38. The second-order valence-electron chi connectivity index (χ2n) is 11.6. The molecule has 0 bridgehead atoms. The first kappa shape index (κ1) is 25.6. The Bertz CT molecular complexity index is 1940. The fraction of sp³-hybridized carbons (Fsp3) is 0.229. The van der Waals surface area contributed by atoms with E-state index in [1.807, 2.05) is 73.3 Å². The number of hydrogen-bond acceptors (Lipinski definition) is 6. The van der Waals surface area contributed by atoms with Gasteiger partial charge in [-0.1, -0.05) is 30.3 Å². The van der Waals surface area contributed by atoms with Gasteiger partial charge in [-0.05, 0) is 79.3 Å². The number of carbonyl (C=O) groups is 1. The SMILES string of the molecule is O=C(NC1CCN(c2ccccn2)CC1)c1ccc(-c2cnc3ncc(C4(c5ccc6ncccc6c5)CC4)n3c2)cc1. The molecule has 0 atom stereocenters. The third-order valence-corrected chi connectivity index (χ3v) is 9.04. The second kappa shape index (κ2) is 10.3. The molecule has 8 rings (SSSR count). The molecule has 2 fully saturated rings. The van der Waals surface area contributed by atoms with Crippen molar-refractivity contribution in [2.45, 2.75) is 37.1 Å². The van der Waals surface area contributed by atoms with Gasteiger partial charge in [0.1, 0.15) is 5.82 Å². The van der Waals surface area contributed by atoms with Crippen LogP contribution in [0.3, 0.4) is 0 Å². The molecule has 1 aliphatic carbocycles. The van der Waals surface area contributed by atoms with E-state index in [0.29, 0.717) is 11.3 Å². The molecule has 43 heavy (non-hydrogen) atoms. The van der Waals surface area contributed by atoms with Gasteiger partial charge in [0.2, 0.25) is 5.78 Å². The maximum Gasteiger partial charge on any atom is 0.251 e. The predicted octanol–water partition coefficient (Wildman–Crippen LogP) is 5.82. The quantitative estimate of drug-likeness (QED) is 0.274. The van der Waals surface area contributed by atoms with Gasteiger partial charge < -0.3 is 10.2 Å². The van der Waals surface area contributed by atoms with E-state index >= 15 is 0 Å². The number of benzene rings is 2. The summed E-state index contributed by atoms with van der Waals surface area (Å²) in [7, 11) is 0. The summed E-state index contributed by atoms with van der Waals surface area (Å²) in [5.41, 5.74) is 6.04. The summed E-state index contributed by atoms with van der Waals surface area (Å²) in [5.74, 6) is 1.66. The van der Waals surface area contributed by atoms with Gasteiger partial charge >= 0.3 is 0 Å². The lowest BCUT2D eigenvalue weighted by Crippen LogP contribution is -2.44. The molecular weight excluding hydrogens is 534 g/mol. The second-order valence-corrected chi connectivity index (χ2v) is 11.6. The number of pyridine rings is 2. The molecule has 212 valence electrons. The number of hydrogen-bond donors (Lipinski definition) is 1. The number of nitrogens with zero attached hydrogens (tertiary/aromatic N) is 6. The summed E-state index contributed by atoms with van der Waals surface area (Å²) < 4.78 is 2.13. The highest BCUT2D eigenvalue weighted by molar-refractivity contribution is 5.95. The number of rotatable bonds is 6. The van der Waals surface area contributed by atoms with Crippen LogP contribution in [0.25, 0.3) is 27.8 Å². The van der Waals surface area contributed by atoms with Gasteiger partial charge in [-0.3, -0.25) is 14.2 Å². The Morgan fingerprint density at radius 1 is 0.814 bits per heavy atom. The minimum Gasteiger partial charge on any atom is -0.356 e. The summed E-state index contributed by atoms with van der Waals surface area (Å²) >= 11 is 0. The molecule has 8 heteroatoms. The van der Waals surface area contributed by atoms with Gasteiger partial charge in [0.05, 0.1) is 17.4 Å². The molecule has 0 radical (unpaired) electrons. The Morgan fingerprint density at radius 3 is 2.42 bits per heavy atom. The molecule has 1 saturated carbocycles. The van der Waals surface area contributed by atoms with Crippen LogP contribution in [0.2, 0.25) is 0 Å². The predicted molar refractivity (Wildman–Crippen MR) is 167 cm³/mol. The van der Waals surface area contributed by atoms with Crippen molar-refractivity contribution in [3.63, 3.8) is 0 Å². The van der Waals surface area contributed by atoms with Gasteiger partial charge in [-0.2, -0.15) is 0 Å². The van der Waals surface area contributed by atoms with E-state index in [2.05, 4.69) is 65.0 Å². The van der Waals surface area contributed by atoms with Gasteiger partial charge in [0.15, 0.2) is 0 Å². The maximum atomic E-state index is 13.1. The molecular formula is C35H31N7O. The van der Waals surface area contributed by atoms with Crippen molar-refractivity contribution in [1.29, 1.82) is 0 Å². The lowest BCUT2D eigenvalue weighted by atomic mass is 9.91. The number of aromatic nitrogens is 5. The molecule has 0 spiro atoms. The molecule has 2 aliphatic rings. The number of fused-ring (bicyclic) bond motifs is 2. The first-order valence-corrected chi connectivity index (χ1v) is 14.9. The van der Waals surface area contributed by atoms with Crippen LogP contribution in [0, 0.1) is 0 Å².